The number of anilines is 1. The van der Waals surface area contributed by atoms with Crippen LogP contribution in [-0.2, 0) is 11.2 Å². The van der Waals surface area contributed by atoms with Crippen molar-refractivity contribution in [2.24, 2.45) is 5.92 Å². The van der Waals surface area contributed by atoms with Gasteiger partial charge in [-0.05, 0) is 30.9 Å². The molecule has 0 saturated carbocycles. The summed E-state index contributed by atoms with van der Waals surface area (Å²) in [7, 11) is 0. The van der Waals surface area contributed by atoms with Crippen molar-refractivity contribution in [2.45, 2.75) is 26.2 Å². The van der Waals surface area contributed by atoms with Crippen LogP contribution in [0.15, 0.2) is 24.5 Å². The number of carbonyl (C=O) groups is 1. The smallest absolute Gasteiger partial charge is 0.309 e. The monoisotopic (exact) mass is 301 g/mol. The molecule has 0 aliphatic carbocycles. The van der Waals surface area contributed by atoms with Gasteiger partial charge >= 0.3 is 5.97 Å². The highest BCUT2D eigenvalue weighted by Gasteiger charge is 2.17. The molecular weight excluding hydrogens is 282 g/mol. The van der Waals surface area contributed by atoms with Crippen molar-refractivity contribution in [3.8, 4) is 5.69 Å². The van der Waals surface area contributed by atoms with Crippen LogP contribution in [0.5, 0.6) is 0 Å². The highest BCUT2D eigenvalue weighted by Crippen LogP contribution is 2.22. The Kier molecular flexibility index (Phi) is 4.04. The number of aromatic nitrogens is 4. The van der Waals surface area contributed by atoms with E-state index in [0.29, 0.717) is 5.69 Å². The quantitative estimate of drug-likeness (QED) is 0.922. The van der Waals surface area contributed by atoms with Gasteiger partial charge in [0.05, 0.1) is 30.2 Å². The van der Waals surface area contributed by atoms with Crippen LogP contribution in [0.4, 0.5) is 5.82 Å². The van der Waals surface area contributed by atoms with Crippen molar-refractivity contribution in [3.63, 3.8) is 0 Å². The standard InChI is InChI=1S/C15H19N5O2/c1-11-4-6-19(7-5-11)14-3-2-12(9-16-14)20-13(8-15(21)22)10-17-18-20/h2-3,9-11H,4-8H2,1H3,(H,21,22). The van der Waals surface area contributed by atoms with E-state index in [1.165, 1.54) is 23.7 Å². The first-order valence-corrected chi connectivity index (χ1v) is 7.46. The summed E-state index contributed by atoms with van der Waals surface area (Å²) < 4.78 is 1.52. The predicted octanol–water partition coefficient (Wildman–Crippen LogP) is 1.53. The van der Waals surface area contributed by atoms with Gasteiger partial charge in [-0.3, -0.25) is 4.79 Å². The minimum absolute atomic E-state index is 0.112. The molecule has 1 aliphatic heterocycles. The van der Waals surface area contributed by atoms with Crippen LogP contribution in [0.1, 0.15) is 25.5 Å². The van der Waals surface area contributed by atoms with Crippen LogP contribution in [0.3, 0.4) is 0 Å². The molecule has 1 fully saturated rings. The number of hydrogen-bond donors (Lipinski definition) is 1. The van der Waals surface area contributed by atoms with E-state index in [2.05, 4.69) is 27.1 Å². The summed E-state index contributed by atoms with van der Waals surface area (Å²) in [6.45, 7) is 4.34. The molecular formula is C15H19N5O2. The van der Waals surface area contributed by atoms with Crippen molar-refractivity contribution in [2.75, 3.05) is 18.0 Å². The molecule has 0 radical (unpaired) electrons. The lowest BCUT2D eigenvalue weighted by molar-refractivity contribution is -0.136. The molecule has 7 heteroatoms. The third kappa shape index (κ3) is 3.08. The molecule has 0 unspecified atom stereocenters. The maximum absolute atomic E-state index is 10.8. The second-order valence-corrected chi connectivity index (χ2v) is 5.75. The summed E-state index contributed by atoms with van der Waals surface area (Å²) in [6, 6.07) is 3.86. The van der Waals surface area contributed by atoms with E-state index in [1.54, 1.807) is 6.20 Å². The lowest BCUT2D eigenvalue weighted by Gasteiger charge is -2.31. The van der Waals surface area contributed by atoms with Gasteiger partial charge < -0.3 is 10.0 Å². The first kappa shape index (κ1) is 14.5. The summed E-state index contributed by atoms with van der Waals surface area (Å²) in [4.78, 5) is 17.6. The molecule has 3 heterocycles. The van der Waals surface area contributed by atoms with Gasteiger partial charge in [-0.15, -0.1) is 5.10 Å². The summed E-state index contributed by atoms with van der Waals surface area (Å²) in [5.74, 6) is 0.829. The molecule has 0 atom stereocenters. The van der Waals surface area contributed by atoms with E-state index in [9.17, 15) is 4.79 Å². The molecule has 0 spiro atoms. The van der Waals surface area contributed by atoms with Gasteiger partial charge in [-0.1, -0.05) is 12.1 Å². The molecule has 0 amide bonds. The topological polar surface area (TPSA) is 84.1 Å². The fourth-order valence-corrected chi connectivity index (χ4v) is 2.68. The fraction of sp³-hybridized carbons (Fsp3) is 0.467. The van der Waals surface area contributed by atoms with Crippen molar-refractivity contribution < 1.29 is 9.90 Å². The highest BCUT2D eigenvalue weighted by atomic mass is 16.4. The number of hydrogen-bond acceptors (Lipinski definition) is 5. The van der Waals surface area contributed by atoms with E-state index in [4.69, 9.17) is 5.11 Å². The zero-order chi connectivity index (χ0) is 15.5. The molecule has 2 aromatic rings. The third-order valence-corrected chi connectivity index (χ3v) is 4.04. The van der Waals surface area contributed by atoms with Crippen molar-refractivity contribution in [1.29, 1.82) is 0 Å². The molecule has 22 heavy (non-hydrogen) atoms. The molecule has 1 aliphatic rings. The SMILES string of the molecule is CC1CCN(c2ccc(-n3nncc3CC(=O)O)cn2)CC1. The molecule has 1 saturated heterocycles. The molecule has 0 bridgehead atoms. The van der Waals surface area contributed by atoms with Crippen molar-refractivity contribution in [1.82, 2.24) is 20.0 Å². The summed E-state index contributed by atoms with van der Waals surface area (Å²) in [5.41, 5.74) is 1.26. The fourth-order valence-electron chi connectivity index (χ4n) is 2.68. The normalized spacial score (nSPS) is 16.0. The van der Waals surface area contributed by atoms with Gasteiger partial charge in [0.25, 0.3) is 0 Å². The molecule has 0 aromatic carbocycles. The Morgan fingerprint density at radius 1 is 1.32 bits per heavy atom. The molecule has 3 rings (SSSR count). The number of carboxylic acid groups (broad SMARTS) is 1. The van der Waals surface area contributed by atoms with E-state index in [0.717, 1.165) is 30.5 Å². The zero-order valence-corrected chi connectivity index (χ0v) is 12.5. The highest BCUT2D eigenvalue weighted by molar-refractivity contribution is 5.69. The number of pyridine rings is 1. The first-order valence-electron chi connectivity index (χ1n) is 7.46. The molecule has 7 nitrogen and oxygen atoms in total. The minimum Gasteiger partial charge on any atom is -0.481 e. The van der Waals surface area contributed by atoms with Crippen molar-refractivity contribution in [3.05, 3.63) is 30.2 Å². The van der Waals surface area contributed by atoms with Gasteiger partial charge in [0.15, 0.2) is 0 Å². The molecule has 116 valence electrons. The zero-order valence-electron chi connectivity index (χ0n) is 12.5. The van der Waals surface area contributed by atoms with Crippen LogP contribution in [-0.4, -0.2) is 44.1 Å². The molecule has 2 aromatic heterocycles. The van der Waals surface area contributed by atoms with Crippen LogP contribution in [0.2, 0.25) is 0 Å². The summed E-state index contributed by atoms with van der Waals surface area (Å²) in [6.07, 6.45) is 5.45. The first-order chi connectivity index (χ1) is 10.6. The Labute approximate surface area is 128 Å². The molecule has 1 N–H and O–H groups in total. The van der Waals surface area contributed by atoms with Crippen LogP contribution >= 0.6 is 0 Å². The Balaban J connectivity index is 1.77. The number of piperidine rings is 1. The van der Waals surface area contributed by atoms with E-state index in [-0.39, 0.29) is 6.42 Å². The van der Waals surface area contributed by atoms with Crippen molar-refractivity contribution >= 4 is 11.8 Å². The summed E-state index contributed by atoms with van der Waals surface area (Å²) >= 11 is 0. The Bertz CT molecular complexity index is 644. The Morgan fingerprint density at radius 2 is 2.09 bits per heavy atom. The average Bonchev–Trinajstić information content (AvgIpc) is 2.95. The van der Waals surface area contributed by atoms with Gasteiger partial charge in [0, 0.05) is 13.1 Å². The Morgan fingerprint density at radius 3 is 2.73 bits per heavy atom. The van der Waals surface area contributed by atoms with Crippen LogP contribution in [0, 0.1) is 5.92 Å². The van der Waals surface area contributed by atoms with E-state index < -0.39 is 5.97 Å². The van der Waals surface area contributed by atoms with Crippen LogP contribution in [0.25, 0.3) is 5.69 Å². The minimum atomic E-state index is -0.907. The van der Waals surface area contributed by atoms with Crippen LogP contribution < -0.4 is 4.90 Å². The average molecular weight is 301 g/mol. The number of carboxylic acids is 1. The number of rotatable bonds is 4. The lowest BCUT2D eigenvalue weighted by Crippen LogP contribution is -2.33. The number of nitrogens with zero attached hydrogens (tertiary/aromatic N) is 5. The maximum Gasteiger partial charge on any atom is 0.309 e. The van der Waals surface area contributed by atoms with E-state index >= 15 is 0 Å². The van der Waals surface area contributed by atoms with Gasteiger partial charge in [0.2, 0.25) is 0 Å². The lowest BCUT2D eigenvalue weighted by atomic mass is 9.99. The predicted molar refractivity (Wildman–Crippen MR) is 81.1 cm³/mol. The summed E-state index contributed by atoms with van der Waals surface area (Å²) in [5, 5.41) is 16.6. The maximum atomic E-state index is 10.8. The largest absolute Gasteiger partial charge is 0.481 e. The van der Waals surface area contributed by atoms with Gasteiger partial charge in [0.1, 0.15) is 5.82 Å². The van der Waals surface area contributed by atoms with Gasteiger partial charge in [-0.25, -0.2) is 9.67 Å². The second-order valence-electron chi connectivity index (χ2n) is 5.75. The number of aliphatic carboxylic acids is 1. The van der Waals surface area contributed by atoms with Gasteiger partial charge in [-0.2, -0.15) is 0 Å². The Hall–Kier alpha value is -2.44. The van der Waals surface area contributed by atoms with E-state index in [1.807, 2.05) is 12.1 Å². The third-order valence-electron chi connectivity index (χ3n) is 4.04. The second kappa shape index (κ2) is 6.13.